The molecule has 0 aliphatic rings. The predicted molar refractivity (Wildman–Crippen MR) is 80.1 cm³/mol. The van der Waals surface area contributed by atoms with E-state index >= 15 is 0 Å². The molecule has 4 nitrogen and oxygen atoms in total. The molecule has 5 heteroatoms. The topological polar surface area (TPSA) is 66.4 Å². The highest BCUT2D eigenvalue weighted by Gasteiger charge is 2.22. The predicted octanol–water partition coefficient (Wildman–Crippen LogP) is 2.64. The van der Waals surface area contributed by atoms with Crippen LogP contribution in [0.3, 0.4) is 0 Å². The number of carbonyl (C=O) groups is 2. The molecule has 0 fully saturated rings. The summed E-state index contributed by atoms with van der Waals surface area (Å²) in [5.74, 6) is -1.67. The SMILES string of the molecule is O=C(O)CC(NCc1ccc(F)cc1)C(=O)c1ccccc1. The van der Waals surface area contributed by atoms with Gasteiger partial charge in [0.1, 0.15) is 5.82 Å². The van der Waals surface area contributed by atoms with E-state index in [1.54, 1.807) is 42.5 Å². The van der Waals surface area contributed by atoms with Crippen LogP contribution in [0.4, 0.5) is 4.39 Å². The fourth-order valence-corrected chi connectivity index (χ4v) is 2.08. The van der Waals surface area contributed by atoms with Gasteiger partial charge in [0, 0.05) is 12.1 Å². The highest BCUT2D eigenvalue weighted by molar-refractivity contribution is 6.01. The quantitative estimate of drug-likeness (QED) is 0.772. The molecular formula is C17H16FNO3. The highest BCUT2D eigenvalue weighted by atomic mass is 19.1. The average Bonchev–Trinajstić information content (AvgIpc) is 2.53. The third-order valence-corrected chi connectivity index (χ3v) is 3.22. The first-order chi connectivity index (χ1) is 10.6. The number of carboxylic acids is 1. The molecule has 2 aromatic carbocycles. The molecule has 1 unspecified atom stereocenters. The fraction of sp³-hybridized carbons (Fsp3) is 0.176. The number of ketones is 1. The molecule has 22 heavy (non-hydrogen) atoms. The van der Waals surface area contributed by atoms with Crippen molar-refractivity contribution in [2.75, 3.05) is 0 Å². The van der Waals surface area contributed by atoms with Crippen LogP contribution in [0.1, 0.15) is 22.3 Å². The number of carboxylic acid groups (broad SMARTS) is 1. The van der Waals surface area contributed by atoms with Gasteiger partial charge < -0.3 is 10.4 Å². The molecule has 0 saturated carbocycles. The van der Waals surface area contributed by atoms with E-state index in [2.05, 4.69) is 5.32 Å². The maximum Gasteiger partial charge on any atom is 0.305 e. The number of Topliss-reactive ketones (excluding diaryl/α,β-unsaturated/α-hetero) is 1. The Morgan fingerprint density at radius 3 is 2.27 bits per heavy atom. The molecule has 1 atom stereocenters. The molecule has 0 aliphatic heterocycles. The number of halogens is 1. The fourth-order valence-electron chi connectivity index (χ4n) is 2.08. The molecule has 0 aromatic heterocycles. The largest absolute Gasteiger partial charge is 0.481 e. The first-order valence-electron chi connectivity index (χ1n) is 6.85. The van der Waals surface area contributed by atoms with Crippen LogP contribution in [-0.4, -0.2) is 22.9 Å². The lowest BCUT2D eigenvalue weighted by Gasteiger charge is -2.16. The Morgan fingerprint density at radius 1 is 1.05 bits per heavy atom. The summed E-state index contributed by atoms with van der Waals surface area (Å²) in [6.07, 6.45) is -0.311. The van der Waals surface area contributed by atoms with Gasteiger partial charge in [0.05, 0.1) is 12.5 Å². The van der Waals surface area contributed by atoms with Gasteiger partial charge in [-0.1, -0.05) is 42.5 Å². The zero-order chi connectivity index (χ0) is 15.9. The maximum absolute atomic E-state index is 12.9. The summed E-state index contributed by atoms with van der Waals surface area (Å²) in [7, 11) is 0. The van der Waals surface area contributed by atoms with Gasteiger partial charge in [-0.2, -0.15) is 0 Å². The lowest BCUT2D eigenvalue weighted by molar-refractivity contribution is -0.137. The van der Waals surface area contributed by atoms with Crippen LogP contribution >= 0.6 is 0 Å². The van der Waals surface area contributed by atoms with Crippen molar-refractivity contribution >= 4 is 11.8 Å². The molecule has 0 bridgehead atoms. The lowest BCUT2D eigenvalue weighted by Crippen LogP contribution is -2.38. The summed E-state index contributed by atoms with van der Waals surface area (Å²) in [6, 6.07) is 13.5. The van der Waals surface area contributed by atoms with Crippen molar-refractivity contribution in [1.29, 1.82) is 0 Å². The Labute approximate surface area is 127 Å². The van der Waals surface area contributed by atoms with Gasteiger partial charge in [-0.3, -0.25) is 9.59 Å². The van der Waals surface area contributed by atoms with Crippen LogP contribution in [0, 0.1) is 5.82 Å². The van der Waals surface area contributed by atoms with E-state index in [0.29, 0.717) is 5.56 Å². The van der Waals surface area contributed by atoms with Crippen LogP contribution in [0.5, 0.6) is 0 Å². The van der Waals surface area contributed by atoms with Crippen molar-refractivity contribution in [3.8, 4) is 0 Å². The number of nitrogens with one attached hydrogen (secondary N) is 1. The third-order valence-electron chi connectivity index (χ3n) is 3.22. The number of hydrogen-bond acceptors (Lipinski definition) is 3. The molecule has 0 spiro atoms. The van der Waals surface area contributed by atoms with Gasteiger partial charge in [0.25, 0.3) is 0 Å². The van der Waals surface area contributed by atoms with Crippen molar-refractivity contribution in [3.05, 3.63) is 71.5 Å². The number of hydrogen-bond donors (Lipinski definition) is 2. The average molecular weight is 301 g/mol. The number of aliphatic carboxylic acids is 1. The van der Waals surface area contributed by atoms with Gasteiger partial charge in [-0.15, -0.1) is 0 Å². The Morgan fingerprint density at radius 2 is 1.68 bits per heavy atom. The molecule has 0 heterocycles. The molecule has 0 aliphatic carbocycles. The molecular weight excluding hydrogens is 285 g/mol. The van der Waals surface area contributed by atoms with Crippen LogP contribution in [-0.2, 0) is 11.3 Å². The van der Waals surface area contributed by atoms with Crippen molar-refractivity contribution in [2.24, 2.45) is 0 Å². The molecule has 2 aromatic rings. The molecule has 0 amide bonds. The Bertz CT molecular complexity index is 641. The molecule has 114 valence electrons. The number of rotatable bonds is 7. The van der Waals surface area contributed by atoms with Gasteiger partial charge in [0.15, 0.2) is 5.78 Å². The van der Waals surface area contributed by atoms with Gasteiger partial charge >= 0.3 is 5.97 Å². The minimum absolute atomic E-state index is 0.273. The van der Waals surface area contributed by atoms with Crippen LogP contribution in [0.25, 0.3) is 0 Å². The monoisotopic (exact) mass is 301 g/mol. The van der Waals surface area contributed by atoms with Gasteiger partial charge in [-0.25, -0.2) is 4.39 Å². The summed E-state index contributed by atoms with van der Waals surface area (Å²) in [6.45, 7) is 0.288. The summed E-state index contributed by atoms with van der Waals surface area (Å²) in [5.41, 5.74) is 1.23. The van der Waals surface area contributed by atoms with E-state index in [4.69, 9.17) is 5.11 Å². The van der Waals surface area contributed by atoms with E-state index in [1.165, 1.54) is 12.1 Å². The Hall–Kier alpha value is -2.53. The summed E-state index contributed by atoms with van der Waals surface area (Å²) in [5, 5.41) is 11.9. The summed E-state index contributed by atoms with van der Waals surface area (Å²) >= 11 is 0. The normalized spacial score (nSPS) is 11.9. The zero-order valence-electron chi connectivity index (χ0n) is 11.8. The second-order valence-corrected chi connectivity index (χ2v) is 4.89. The van der Waals surface area contributed by atoms with E-state index in [-0.39, 0.29) is 24.6 Å². The van der Waals surface area contributed by atoms with Crippen molar-refractivity contribution in [1.82, 2.24) is 5.32 Å². The van der Waals surface area contributed by atoms with Gasteiger partial charge in [0.2, 0.25) is 0 Å². The molecule has 0 saturated heterocycles. The van der Waals surface area contributed by atoms with Crippen LogP contribution in [0.15, 0.2) is 54.6 Å². The van der Waals surface area contributed by atoms with Crippen molar-refractivity contribution < 1.29 is 19.1 Å². The standard InChI is InChI=1S/C17H16FNO3/c18-14-8-6-12(7-9-14)11-19-15(10-16(20)21)17(22)13-4-2-1-3-5-13/h1-9,15,19H,10-11H2,(H,20,21). The summed E-state index contributed by atoms with van der Waals surface area (Å²) < 4.78 is 12.9. The number of benzene rings is 2. The second-order valence-electron chi connectivity index (χ2n) is 4.89. The molecule has 2 N–H and O–H groups in total. The number of carbonyl (C=O) groups excluding carboxylic acids is 1. The van der Waals surface area contributed by atoms with E-state index in [9.17, 15) is 14.0 Å². The molecule has 0 radical (unpaired) electrons. The lowest BCUT2D eigenvalue weighted by atomic mass is 10.0. The maximum atomic E-state index is 12.9. The second kappa shape index (κ2) is 7.47. The first kappa shape index (κ1) is 15.9. The van der Waals surface area contributed by atoms with Crippen LogP contribution < -0.4 is 5.32 Å². The van der Waals surface area contributed by atoms with Crippen molar-refractivity contribution in [2.45, 2.75) is 19.0 Å². The van der Waals surface area contributed by atoms with E-state index < -0.39 is 12.0 Å². The van der Waals surface area contributed by atoms with Crippen molar-refractivity contribution in [3.63, 3.8) is 0 Å². The zero-order valence-corrected chi connectivity index (χ0v) is 11.8. The Balaban J connectivity index is 2.07. The highest BCUT2D eigenvalue weighted by Crippen LogP contribution is 2.09. The minimum atomic E-state index is -1.05. The minimum Gasteiger partial charge on any atom is -0.481 e. The molecule has 2 rings (SSSR count). The first-order valence-corrected chi connectivity index (χ1v) is 6.85. The van der Waals surface area contributed by atoms with Gasteiger partial charge in [-0.05, 0) is 17.7 Å². The summed E-state index contributed by atoms with van der Waals surface area (Å²) in [4.78, 5) is 23.3. The van der Waals surface area contributed by atoms with Crippen LogP contribution in [0.2, 0.25) is 0 Å². The van der Waals surface area contributed by atoms with E-state index in [1.807, 2.05) is 0 Å². The Kier molecular flexibility index (Phi) is 5.38. The third kappa shape index (κ3) is 4.49. The smallest absolute Gasteiger partial charge is 0.305 e. The van der Waals surface area contributed by atoms with E-state index in [0.717, 1.165) is 5.56 Å².